The van der Waals surface area contributed by atoms with Gasteiger partial charge in [-0.1, -0.05) is 42.5 Å². The van der Waals surface area contributed by atoms with Gasteiger partial charge < -0.3 is 14.8 Å². The Morgan fingerprint density at radius 3 is 2.29 bits per heavy atom. The summed E-state index contributed by atoms with van der Waals surface area (Å²) >= 11 is 0. The van der Waals surface area contributed by atoms with E-state index in [1.165, 1.54) is 0 Å². The molecule has 1 spiro atoms. The lowest BCUT2D eigenvalue weighted by atomic mass is 9.77. The highest BCUT2D eigenvalue weighted by molar-refractivity contribution is 6.14. The number of rotatable bonds is 3. The molecule has 1 atom stereocenters. The first-order valence-electron chi connectivity index (χ1n) is 9.14. The molecule has 0 saturated carbocycles. The monoisotopic (exact) mass is 369 g/mol. The summed E-state index contributed by atoms with van der Waals surface area (Å²) in [6.07, 6.45) is 2.08. The average molecular weight is 369 g/mol. The van der Waals surface area contributed by atoms with Crippen LogP contribution in [0.4, 0.5) is 5.69 Å². The number of para-hydroxylation sites is 1. The van der Waals surface area contributed by atoms with Gasteiger partial charge in [-0.15, -0.1) is 0 Å². The Morgan fingerprint density at radius 1 is 0.821 bits per heavy atom. The van der Waals surface area contributed by atoms with Crippen molar-refractivity contribution in [2.75, 3.05) is 19.5 Å². The number of methoxy groups -OCH3 is 2. The Kier molecular flexibility index (Phi) is 3.56. The predicted molar refractivity (Wildman–Crippen MR) is 109 cm³/mol. The lowest BCUT2D eigenvalue weighted by Crippen LogP contribution is -2.32. The van der Waals surface area contributed by atoms with Crippen LogP contribution in [0, 0.1) is 0 Å². The first kappa shape index (κ1) is 16.6. The molecule has 1 amide bonds. The van der Waals surface area contributed by atoms with Gasteiger partial charge in [0.05, 0.1) is 14.2 Å². The molecule has 0 fully saturated rings. The summed E-state index contributed by atoms with van der Waals surface area (Å²) in [7, 11) is 3.30. The fourth-order valence-electron chi connectivity index (χ4n) is 4.28. The molecular weight excluding hydrogens is 350 g/mol. The van der Waals surface area contributed by atoms with E-state index in [4.69, 9.17) is 9.47 Å². The van der Waals surface area contributed by atoms with E-state index in [0.717, 1.165) is 45.0 Å². The van der Waals surface area contributed by atoms with Gasteiger partial charge in [-0.3, -0.25) is 4.79 Å². The molecule has 5 rings (SSSR count). The molecule has 28 heavy (non-hydrogen) atoms. The summed E-state index contributed by atoms with van der Waals surface area (Å²) < 4.78 is 10.8. The maximum Gasteiger partial charge on any atom is 0.243 e. The van der Waals surface area contributed by atoms with Crippen molar-refractivity contribution < 1.29 is 14.3 Å². The Bertz CT molecular complexity index is 1130. The third-order valence-corrected chi connectivity index (χ3v) is 5.66. The van der Waals surface area contributed by atoms with E-state index >= 15 is 0 Å². The van der Waals surface area contributed by atoms with Gasteiger partial charge in [0, 0.05) is 5.69 Å². The number of hydrogen-bond donors (Lipinski definition) is 1. The van der Waals surface area contributed by atoms with Crippen LogP contribution in [0.2, 0.25) is 0 Å². The van der Waals surface area contributed by atoms with Gasteiger partial charge in [-0.25, -0.2) is 0 Å². The van der Waals surface area contributed by atoms with E-state index in [2.05, 4.69) is 11.4 Å². The molecule has 3 aromatic rings. The lowest BCUT2D eigenvalue weighted by molar-refractivity contribution is -0.118. The highest BCUT2D eigenvalue weighted by Gasteiger charge is 2.51. The Balaban J connectivity index is 1.78. The van der Waals surface area contributed by atoms with Crippen LogP contribution in [0.15, 0.2) is 72.8 Å². The van der Waals surface area contributed by atoms with Crippen molar-refractivity contribution in [1.29, 1.82) is 0 Å². The molecule has 1 N–H and O–H groups in total. The third kappa shape index (κ3) is 2.15. The largest absolute Gasteiger partial charge is 0.497 e. The summed E-state index contributed by atoms with van der Waals surface area (Å²) in [4.78, 5) is 13.3. The third-order valence-electron chi connectivity index (χ3n) is 5.66. The van der Waals surface area contributed by atoms with Crippen LogP contribution in [0.25, 0.3) is 5.57 Å². The summed E-state index contributed by atoms with van der Waals surface area (Å²) in [6, 6.07) is 21.7. The first-order valence-corrected chi connectivity index (χ1v) is 9.14. The number of carbonyl (C=O) groups is 1. The molecule has 3 aromatic carbocycles. The number of amides is 1. The molecule has 1 aliphatic heterocycles. The van der Waals surface area contributed by atoms with E-state index in [1.54, 1.807) is 14.2 Å². The van der Waals surface area contributed by atoms with Crippen molar-refractivity contribution in [3.8, 4) is 11.5 Å². The zero-order chi connectivity index (χ0) is 19.3. The topological polar surface area (TPSA) is 47.6 Å². The smallest absolute Gasteiger partial charge is 0.243 e. The van der Waals surface area contributed by atoms with Crippen LogP contribution in [-0.2, 0) is 10.2 Å². The molecule has 2 aliphatic rings. The van der Waals surface area contributed by atoms with Crippen molar-refractivity contribution in [1.82, 2.24) is 0 Å². The highest BCUT2D eigenvalue weighted by Crippen LogP contribution is 2.53. The predicted octanol–water partition coefficient (Wildman–Crippen LogP) is 4.39. The van der Waals surface area contributed by atoms with E-state index < -0.39 is 5.41 Å². The van der Waals surface area contributed by atoms with Crippen LogP contribution in [0.1, 0.15) is 22.3 Å². The molecular formula is C24H19NO3. The summed E-state index contributed by atoms with van der Waals surface area (Å²) in [5.41, 5.74) is 5.04. The Labute approximate surface area is 163 Å². The van der Waals surface area contributed by atoms with Gasteiger partial charge >= 0.3 is 0 Å². The molecule has 0 radical (unpaired) electrons. The van der Waals surface area contributed by atoms with Gasteiger partial charge in [-0.05, 0) is 58.2 Å². The van der Waals surface area contributed by atoms with E-state index in [0.29, 0.717) is 0 Å². The SMILES string of the molecule is COc1ccc(C2=CC3(C(=O)Nc4ccccc43)c3cc(OC)ccc32)cc1. The highest BCUT2D eigenvalue weighted by atomic mass is 16.5. The number of nitrogens with one attached hydrogen (secondary N) is 1. The van der Waals surface area contributed by atoms with Crippen molar-refractivity contribution in [3.05, 3.63) is 95.1 Å². The van der Waals surface area contributed by atoms with Crippen molar-refractivity contribution in [2.24, 2.45) is 0 Å². The fraction of sp³-hybridized carbons (Fsp3) is 0.125. The van der Waals surface area contributed by atoms with E-state index in [1.807, 2.05) is 66.7 Å². The second-order valence-electron chi connectivity index (χ2n) is 7.01. The molecule has 1 heterocycles. The second-order valence-corrected chi connectivity index (χ2v) is 7.01. The van der Waals surface area contributed by atoms with Crippen LogP contribution >= 0.6 is 0 Å². The molecule has 1 unspecified atom stereocenters. The van der Waals surface area contributed by atoms with Gasteiger partial charge in [0.25, 0.3) is 0 Å². The summed E-state index contributed by atoms with van der Waals surface area (Å²) in [5, 5.41) is 3.05. The molecule has 0 aromatic heterocycles. The molecule has 0 saturated heterocycles. The zero-order valence-electron chi connectivity index (χ0n) is 15.7. The normalized spacial score (nSPS) is 19.1. The van der Waals surface area contributed by atoms with Crippen LogP contribution in [0.5, 0.6) is 11.5 Å². The maximum absolute atomic E-state index is 13.3. The Morgan fingerprint density at radius 2 is 1.54 bits per heavy atom. The number of hydrogen-bond acceptors (Lipinski definition) is 3. The van der Waals surface area contributed by atoms with Gasteiger partial charge in [0.2, 0.25) is 5.91 Å². The second kappa shape index (κ2) is 5.99. The van der Waals surface area contributed by atoms with Crippen LogP contribution in [-0.4, -0.2) is 20.1 Å². The molecule has 4 heteroatoms. The summed E-state index contributed by atoms with van der Waals surface area (Å²) in [6.45, 7) is 0. The van der Waals surface area contributed by atoms with Crippen molar-refractivity contribution >= 4 is 17.2 Å². The first-order chi connectivity index (χ1) is 13.7. The van der Waals surface area contributed by atoms with Gasteiger partial charge in [0.1, 0.15) is 16.9 Å². The number of anilines is 1. The van der Waals surface area contributed by atoms with E-state index in [9.17, 15) is 4.79 Å². The molecule has 4 nitrogen and oxygen atoms in total. The molecule has 0 bridgehead atoms. The number of benzene rings is 3. The summed E-state index contributed by atoms with van der Waals surface area (Å²) in [5.74, 6) is 1.50. The van der Waals surface area contributed by atoms with Gasteiger partial charge in [0.15, 0.2) is 0 Å². The fourth-order valence-corrected chi connectivity index (χ4v) is 4.28. The van der Waals surface area contributed by atoms with Crippen LogP contribution in [0.3, 0.4) is 0 Å². The average Bonchev–Trinajstić information content (AvgIpc) is 3.24. The van der Waals surface area contributed by atoms with E-state index in [-0.39, 0.29) is 5.91 Å². The Hall–Kier alpha value is -3.53. The minimum Gasteiger partial charge on any atom is -0.497 e. The standard InChI is InChI=1S/C24H19NO3/c1-27-16-9-7-15(8-10-16)19-14-24(21-13-17(28-2)11-12-18(19)21)20-5-3-4-6-22(20)25-23(24)26/h3-14H,1-2H3,(H,25,26). The quantitative estimate of drug-likeness (QED) is 0.745. The maximum atomic E-state index is 13.3. The minimum absolute atomic E-state index is 0.0354. The molecule has 138 valence electrons. The van der Waals surface area contributed by atoms with Gasteiger partial charge in [-0.2, -0.15) is 0 Å². The lowest BCUT2D eigenvalue weighted by Gasteiger charge is -2.22. The van der Waals surface area contributed by atoms with Crippen molar-refractivity contribution in [3.63, 3.8) is 0 Å². The molecule has 1 aliphatic carbocycles. The number of ether oxygens (including phenoxy) is 2. The zero-order valence-corrected chi connectivity index (χ0v) is 15.7. The number of carbonyl (C=O) groups excluding carboxylic acids is 1. The minimum atomic E-state index is -0.851. The van der Waals surface area contributed by atoms with Crippen molar-refractivity contribution in [2.45, 2.75) is 5.41 Å². The van der Waals surface area contributed by atoms with Crippen LogP contribution < -0.4 is 14.8 Å². The number of fused-ring (bicyclic) bond motifs is 4.